The van der Waals surface area contributed by atoms with Crippen molar-refractivity contribution < 1.29 is 9.18 Å². The van der Waals surface area contributed by atoms with E-state index in [2.05, 4.69) is 5.32 Å². The number of carbonyl (C=O) groups excluding carboxylic acids is 1. The molecular formula is C17H19FN2O. The van der Waals surface area contributed by atoms with Gasteiger partial charge in [0.15, 0.2) is 0 Å². The van der Waals surface area contributed by atoms with Gasteiger partial charge in [0.05, 0.1) is 5.69 Å². The number of hydrogen-bond donors (Lipinski definition) is 2. The highest BCUT2D eigenvalue weighted by molar-refractivity contribution is 5.89. The summed E-state index contributed by atoms with van der Waals surface area (Å²) < 4.78 is 13.9. The van der Waals surface area contributed by atoms with Crippen molar-refractivity contribution in [1.29, 1.82) is 0 Å². The average Bonchev–Trinajstić information content (AvgIpc) is 2.43. The Bertz CT molecular complexity index is 684. The van der Waals surface area contributed by atoms with E-state index in [-0.39, 0.29) is 5.69 Å². The molecule has 0 spiro atoms. The van der Waals surface area contributed by atoms with Crippen molar-refractivity contribution in [2.45, 2.75) is 26.3 Å². The maximum absolute atomic E-state index is 13.9. The van der Waals surface area contributed by atoms with E-state index in [4.69, 9.17) is 5.73 Å². The number of primary amides is 1. The third-order valence-electron chi connectivity index (χ3n) is 3.68. The van der Waals surface area contributed by atoms with Gasteiger partial charge < -0.3 is 11.1 Å². The van der Waals surface area contributed by atoms with Crippen molar-refractivity contribution in [2.75, 3.05) is 5.32 Å². The molecule has 2 rings (SSSR count). The monoisotopic (exact) mass is 286 g/mol. The lowest BCUT2D eigenvalue weighted by Crippen LogP contribution is -2.46. The van der Waals surface area contributed by atoms with Gasteiger partial charge in [-0.05, 0) is 44.0 Å². The Kier molecular flexibility index (Phi) is 3.98. The van der Waals surface area contributed by atoms with Gasteiger partial charge in [0.25, 0.3) is 0 Å². The van der Waals surface area contributed by atoms with E-state index in [1.54, 1.807) is 25.1 Å². The molecular weight excluding hydrogens is 267 g/mol. The molecule has 0 saturated carbocycles. The van der Waals surface area contributed by atoms with Crippen molar-refractivity contribution in [2.24, 2.45) is 5.73 Å². The number of amides is 1. The number of nitrogens with one attached hydrogen (secondary N) is 1. The highest BCUT2D eigenvalue weighted by Gasteiger charge is 2.35. The lowest BCUT2D eigenvalue weighted by atomic mass is 9.86. The van der Waals surface area contributed by atoms with Gasteiger partial charge in [-0.3, -0.25) is 4.79 Å². The van der Waals surface area contributed by atoms with Crippen molar-refractivity contribution >= 4 is 11.6 Å². The second-order valence-electron chi connectivity index (χ2n) is 5.41. The lowest BCUT2D eigenvalue weighted by molar-refractivity contribution is -0.122. The van der Waals surface area contributed by atoms with Crippen LogP contribution in [0, 0.1) is 19.7 Å². The van der Waals surface area contributed by atoms with Gasteiger partial charge in [-0.1, -0.05) is 35.9 Å². The Morgan fingerprint density at radius 2 is 1.86 bits per heavy atom. The summed E-state index contributed by atoms with van der Waals surface area (Å²) in [6.45, 7) is 5.51. The fourth-order valence-electron chi connectivity index (χ4n) is 2.37. The Hall–Kier alpha value is -2.36. The van der Waals surface area contributed by atoms with E-state index in [1.165, 1.54) is 6.07 Å². The molecule has 0 bridgehead atoms. The summed E-state index contributed by atoms with van der Waals surface area (Å²) in [7, 11) is 0. The van der Waals surface area contributed by atoms with Crippen LogP contribution >= 0.6 is 0 Å². The first-order valence-electron chi connectivity index (χ1n) is 6.75. The summed E-state index contributed by atoms with van der Waals surface area (Å²) in [5.74, 6) is -0.977. The minimum atomic E-state index is -1.18. The van der Waals surface area contributed by atoms with E-state index in [0.717, 1.165) is 16.7 Å². The van der Waals surface area contributed by atoms with E-state index in [1.807, 2.05) is 32.0 Å². The van der Waals surface area contributed by atoms with Crippen LogP contribution < -0.4 is 11.1 Å². The van der Waals surface area contributed by atoms with Gasteiger partial charge in [-0.15, -0.1) is 0 Å². The summed E-state index contributed by atoms with van der Waals surface area (Å²) in [4.78, 5) is 12.0. The van der Waals surface area contributed by atoms with E-state index >= 15 is 0 Å². The lowest BCUT2D eigenvalue weighted by Gasteiger charge is -2.31. The molecule has 1 unspecified atom stereocenters. The first kappa shape index (κ1) is 15.0. The van der Waals surface area contributed by atoms with Gasteiger partial charge in [0.2, 0.25) is 5.91 Å². The van der Waals surface area contributed by atoms with Crippen LogP contribution in [-0.2, 0) is 10.3 Å². The number of halogens is 1. The van der Waals surface area contributed by atoms with E-state index in [0.29, 0.717) is 0 Å². The fourth-order valence-corrected chi connectivity index (χ4v) is 2.37. The Balaban J connectivity index is 2.53. The predicted octanol–water partition coefficient (Wildman–Crippen LogP) is 3.26. The molecule has 0 fully saturated rings. The minimum Gasteiger partial charge on any atom is -0.367 e. The van der Waals surface area contributed by atoms with Gasteiger partial charge >= 0.3 is 0 Å². The Labute approximate surface area is 124 Å². The first-order chi connectivity index (χ1) is 9.84. The zero-order valence-corrected chi connectivity index (χ0v) is 12.4. The summed E-state index contributed by atoms with van der Waals surface area (Å²) in [5, 5.41) is 2.96. The average molecular weight is 286 g/mol. The van der Waals surface area contributed by atoms with Gasteiger partial charge in [0, 0.05) is 0 Å². The molecule has 2 aromatic rings. The molecule has 3 nitrogen and oxygen atoms in total. The number of nitrogens with two attached hydrogens (primary N) is 1. The fraction of sp³-hybridized carbons (Fsp3) is 0.235. The van der Waals surface area contributed by atoms with Crippen molar-refractivity contribution in [1.82, 2.24) is 0 Å². The van der Waals surface area contributed by atoms with Crippen LogP contribution in [0.15, 0.2) is 42.5 Å². The number of para-hydroxylation sites is 1. The van der Waals surface area contributed by atoms with E-state index in [9.17, 15) is 9.18 Å². The normalized spacial score (nSPS) is 13.5. The van der Waals surface area contributed by atoms with Crippen LogP contribution in [0.1, 0.15) is 23.6 Å². The predicted molar refractivity (Wildman–Crippen MR) is 82.5 cm³/mol. The molecule has 110 valence electrons. The summed E-state index contributed by atoms with van der Waals surface area (Å²) in [6, 6.07) is 12.0. The molecule has 0 aliphatic carbocycles. The molecule has 1 amide bonds. The number of anilines is 1. The smallest absolute Gasteiger partial charge is 0.247 e. The van der Waals surface area contributed by atoms with Crippen LogP contribution in [0.25, 0.3) is 0 Å². The minimum absolute atomic E-state index is 0.250. The van der Waals surface area contributed by atoms with Gasteiger partial charge in [-0.2, -0.15) is 0 Å². The summed E-state index contributed by atoms with van der Waals surface area (Å²) >= 11 is 0. The molecule has 0 aliphatic heterocycles. The number of carbonyl (C=O) groups is 1. The molecule has 0 heterocycles. The number of hydrogen-bond acceptors (Lipinski definition) is 2. The van der Waals surface area contributed by atoms with Gasteiger partial charge in [0.1, 0.15) is 11.4 Å². The maximum Gasteiger partial charge on any atom is 0.247 e. The molecule has 0 aliphatic rings. The maximum atomic E-state index is 13.9. The second-order valence-corrected chi connectivity index (χ2v) is 5.41. The highest BCUT2D eigenvalue weighted by Crippen LogP contribution is 2.30. The molecule has 3 N–H and O–H groups in total. The third-order valence-corrected chi connectivity index (χ3v) is 3.68. The quantitative estimate of drug-likeness (QED) is 0.906. The summed E-state index contributed by atoms with van der Waals surface area (Å²) in [6.07, 6.45) is 0. The topological polar surface area (TPSA) is 55.1 Å². The molecule has 2 aromatic carbocycles. The van der Waals surface area contributed by atoms with Crippen molar-refractivity contribution in [3.8, 4) is 0 Å². The molecule has 0 aromatic heterocycles. The second kappa shape index (κ2) is 5.56. The van der Waals surface area contributed by atoms with Crippen LogP contribution in [0.4, 0.5) is 10.1 Å². The molecule has 0 radical (unpaired) electrons. The van der Waals surface area contributed by atoms with Crippen LogP contribution in [-0.4, -0.2) is 5.91 Å². The van der Waals surface area contributed by atoms with Crippen LogP contribution in [0.2, 0.25) is 0 Å². The molecule has 0 saturated heterocycles. The third kappa shape index (κ3) is 2.89. The molecule has 21 heavy (non-hydrogen) atoms. The van der Waals surface area contributed by atoms with Crippen molar-refractivity contribution in [3.05, 3.63) is 65.0 Å². The Morgan fingerprint density at radius 1 is 1.19 bits per heavy atom. The first-order valence-corrected chi connectivity index (χ1v) is 6.75. The SMILES string of the molecule is Cc1ccc(C)c(C(C)(Nc2ccccc2F)C(N)=O)c1. The zero-order chi connectivity index (χ0) is 15.6. The number of benzene rings is 2. The number of rotatable bonds is 4. The molecule has 4 heteroatoms. The van der Waals surface area contributed by atoms with Gasteiger partial charge in [-0.25, -0.2) is 4.39 Å². The van der Waals surface area contributed by atoms with Crippen LogP contribution in [0.3, 0.4) is 0 Å². The number of aryl methyl sites for hydroxylation is 2. The zero-order valence-electron chi connectivity index (χ0n) is 12.4. The largest absolute Gasteiger partial charge is 0.367 e. The summed E-state index contributed by atoms with van der Waals surface area (Å²) in [5.41, 5.74) is 7.35. The van der Waals surface area contributed by atoms with Crippen molar-refractivity contribution in [3.63, 3.8) is 0 Å². The molecule has 1 atom stereocenters. The standard InChI is InChI=1S/C17H19FN2O/c1-11-8-9-12(2)13(10-11)17(3,16(19)21)20-15-7-5-4-6-14(15)18/h4-10,20H,1-3H3,(H2,19,21). The van der Waals surface area contributed by atoms with E-state index < -0.39 is 17.3 Å². The van der Waals surface area contributed by atoms with Crippen LogP contribution in [0.5, 0.6) is 0 Å². The highest BCUT2D eigenvalue weighted by atomic mass is 19.1. The Morgan fingerprint density at radius 3 is 2.48 bits per heavy atom.